The van der Waals surface area contributed by atoms with Crippen LogP contribution in [0.2, 0.25) is 5.02 Å². The van der Waals surface area contributed by atoms with Crippen molar-refractivity contribution in [2.24, 2.45) is 0 Å². The van der Waals surface area contributed by atoms with E-state index in [0.717, 1.165) is 10.6 Å². The Kier molecular flexibility index (Phi) is 2.42. The van der Waals surface area contributed by atoms with E-state index in [1.807, 2.05) is 17.5 Å². The van der Waals surface area contributed by atoms with Gasteiger partial charge in [0.05, 0.1) is 4.88 Å². The minimum absolute atomic E-state index is 0.433. The average Bonchev–Trinajstić information content (AvgIpc) is 3.06. The molecule has 0 unspecified atom stereocenters. The van der Waals surface area contributed by atoms with Gasteiger partial charge >= 0.3 is 0 Å². The van der Waals surface area contributed by atoms with Crippen LogP contribution in [0.4, 0.5) is 0 Å². The fourth-order valence-corrected chi connectivity index (χ4v) is 2.99. The number of rotatable bonds is 1. The highest BCUT2D eigenvalue weighted by Gasteiger charge is 2.15. The molecular weight excluding hydrogens is 296 g/mol. The van der Waals surface area contributed by atoms with E-state index < -0.39 is 0 Å². The first kappa shape index (κ1) is 11.6. The molecule has 0 bridgehead atoms. The van der Waals surface area contributed by atoms with E-state index in [1.54, 1.807) is 40.1 Å². The highest BCUT2D eigenvalue weighted by Crippen LogP contribution is 2.25. The normalized spacial score (nSPS) is 11.4. The topological polar surface area (TPSA) is 57.1 Å². The summed E-state index contributed by atoms with van der Waals surface area (Å²) in [5, 5.41) is 23.0. The Morgan fingerprint density at radius 3 is 2.95 bits per heavy atom. The van der Waals surface area contributed by atoms with Gasteiger partial charge in [-0.3, -0.25) is 0 Å². The summed E-state index contributed by atoms with van der Waals surface area (Å²) < 4.78 is 1.64. The molecule has 3 aromatic heterocycles. The Balaban J connectivity index is 2.11. The van der Waals surface area contributed by atoms with E-state index in [0.29, 0.717) is 26.5 Å². The van der Waals surface area contributed by atoms with Crippen molar-refractivity contribution < 1.29 is 4.85 Å². The van der Waals surface area contributed by atoms with Crippen molar-refractivity contribution in [3.8, 4) is 10.6 Å². The molecule has 0 aliphatic carbocycles. The second-order valence-corrected chi connectivity index (χ2v) is 5.67. The summed E-state index contributed by atoms with van der Waals surface area (Å²) in [6.07, 6.45) is 0. The summed E-state index contributed by atoms with van der Waals surface area (Å²) in [4.78, 5) is 1.63. The molecule has 98 valence electrons. The Morgan fingerprint density at radius 1 is 1.25 bits per heavy atom. The maximum absolute atomic E-state index is 11.9. The zero-order valence-corrected chi connectivity index (χ0v) is 11.6. The lowest BCUT2D eigenvalue weighted by atomic mass is 10.3. The van der Waals surface area contributed by atoms with Gasteiger partial charge in [0.1, 0.15) is 11.2 Å². The first-order chi connectivity index (χ1) is 9.72. The maximum Gasteiger partial charge on any atom is 0.270 e. The van der Waals surface area contributed by atoms with Crippen LogP contribution in [0, 0.1) is 5.21 Å². The molecule has 0 saturated heterocycles. The molecule has 20 heavy (non-hydrogen) atoms. The monoisotopic (exact) mass is 302 g/mol. The SMILES string of the molecule is [O-][n+]1nc2cc(-c3cccs3)nn2c2cc(Cl)ccc21. The molecule has 0 spiro atoms. The van der Waals surface area contributed by atoms with Crippen LogP contribution in [0.3, 0.4) is 0 Å². The van der Waals surface area contributed by atoms with Crippen LogP contribution in [0.1, 0.15) is 0 Å². The molecule has 0 aliphatic rings. The van der Waals surface area contributed by atoms with Crippen molar-refractivity contribution in [3.05, 3.63) is 52.0 Å². The molecule has 1 aromatic carbocycles. The Labute approximate surface area is 122 Å². The molecule has 4 rings (SSSR count). The molecule has 0 aliphatic heterocycles. The number of benzene rings is 1. The first-order valence-corrected chi connectivity index (χ1v) is 7.11. The Hall–Kier alpha value is -2.18. The zero-order chi connectivity index (χ0) is 13.7. The van der Waals surface area contributed by atoms with Crippen LogP contribution < -0.4 is 4.85 Å². The molecule has 4 aromatic rings. The third-order valence-electron chi connectivity index (χ3n) is 3.03. The Morgan fingerprint density at radius 2 is 2.15 bits per heavy atom. The predicted molar refractivity (Wildman–Crippen MR) is 77.8 cm³/mol. The molecule has 5 nitrogen and oxygen atoms in total. The third kappa shape index (κ3) is 1.65. The summed E-state index contributed by atoms with van der Waals surface area (Å²) >= 11 is 7.60. The molecule has 0 radical (unpaired) electrons. The minimum Gasteiger partial charge on any atom is -0.594 e. The van der Waals surface area contributed by atoms with Crippen LogP contribution in [0.25, 0.3) is 27.3 Å². The van der Waals surface area contributed by atoms with Crippen LogP contribution in [0.5, 0.6) is 0 Å². The molecular formula is C13H7ClN4OS. The van der Waals surface area contributed by atoms with Crippen molar-refractivity contribution in [2.45, 2.75) is 0 Å². The minimum atomic E-state index is 0.433. The van der Waals surface area contributed by atoms with Gasteiger partial charge in [0.2, 0.25) is 5.65 Å². The van der Waals surface area contributed by atoms with Crippen molar-refractivity contribution in [1.29, 1.82) is 0 Å². The number of halogens is 1. The maximum atomic E-state index is 11.9. The average molecular weight is 303 g/mol. The van der Waals surface area contributed by atoms with Crippen LogP contribution in [-0.2, 0) is 0 Å². The summed E-state index contributed by atoms with van der Waals surface area (Å²) in [6, 6.07) is 10.7. The lowest BCUT2D eigenvalue weighted by Gasteiger charge is -2.01. The quantitative estimate of drug-likeness (QED) is 0.401. The highest BCUT2D eigenvalue weighted by atomic mass is 35.5. The zero-order valence-electron chi connectivity index (χ0n) is 10.0. The van der Waals surface area contributed by atoms with Gasteiger partial charge in [-0.25, -0.2) is 4.52 Å². The van der Waals surface area contributed by atoms with E-state index in [-0.39, 0.29) is 0 Å². The molecule has 0 amide bonds. The number of fused-ring (bicyclic) bond motifs is 3. The summed E-state index contributed by atoms with van der Waals surface area (Å²) in [7, 11) is 0. The lowest BCUT2D eigenvalue weighted by molar-refractivity contribution is -0.640. The number of thiophene rings is 1. The van der Waals surface area contributed by atoms with Crippen molar-refractivity contribution in [3.63, 3.8) is 0 Å². The molecule has 0 fully saturated rings. The van der Waals surface area contributed by atoms with E-state index in [1.165, 1.54) is 0 Å². The van der Waals surface area contributed by atoms with E-state index in [4.69, 9.17) is 11.6 Å². The van der Waals surface area contributed by atoms with Crippen LogP contribution >= 0.6 is 22.9 Å². The second-order valence-electron chi connectivity index (χ2n) is 4.28. The van der Waals surface area contributed by atoms with Crippen LogP contribution in [0.15, 0.2) is 41.8 Å². The fourth-order valence-electron chi connectivity index (χ4n) is 2.14. The summed E-state index contributed by atoms with van der Waals surface area (Å²) in [5.41, 5.74) is 2.36. The fraction of sp³-hybridized carbons (Fsp3) is 0. The van der Waals surface area contributed by atoms with E-state index in [2.05, 4.69) is 10.2 Å². The summed E-state index contributed by atoms with van der Waals surface area (Å²) in [5.74, 6) is 0. The van der Waals surface area contributed by atoms with Crippen molar-refractivity contribution in [2.75, 3.05) is 0 Å². The largest absolute Gasteiger partial charge is 0.594 e. The van der Waals surface area contributed by atoms with Gasteiger partial charge < -0.3 is 5.21 Å². The highest BCUT2D eigenvalue weighted by molar-refractivity contribution is 7.13. The third-order valence-corrected chi connectivity index (χ3v) is 4.16. The van der Waals surface area contributed by atoms with Gasteiger partial charge in [-0.15, -0.1) is 11.3 Å². The first-order valence-electron chi connectivity index (χ1n) is 5.85. The van der Waals surface area contributed by atoms with Gasteiger partial charge in [0.25, 0.3) is 5.52 Å². The van der Waals surface area contributed by atoms with Crippen molar-refractivity contribution >= 4 is 39.6 Å². The molecule has 0 atom stereocenters. The Bertz CT molecular complexity index is 933. The number of hydrogen-bond donors (Lipinski definition) is 0. The lowest BCUT2D eigenvalue weighted by Crippen LogP contribution is -2.32. The predicted octanol–water partition coefficient (Wildman–Crippen LogP) is 2.90. The van der Waals surface area contributed by atoms with Crippen molar-refractivity contribution in [1.82, 2.24) is 14.7 Å². The van der Waals surface area contributed by atoms with Gasteiger partial charge in [0.15, 0.2) is 0 Å². The van der Waals surface area contributed by atoms with E-state index in [9.17, 15) is 5.21 Å². The summed E-state index contributed by atoms with van der Waals surface area (Å²) in [6.45, 7) is 0. The molecule has 3 heterocycles. The van der Waals surface area contributed by atoms with E-state index >= 15 is 0 Å². The van der Waals surface area contributed by atoms with Gasteiger partial charge in [-0.1, -0.05) is 17.7 Å². The molecule has 7 heteroatoms. The van der Waals surface area contributed by atoms with Gasteiger partial charge in [-0.2, -0.15) is 5.10 Å². The van der Waals surface area contributed by atoms with Crippen LogP contribution in [-0.4, -0.2) is 14.7 Å². The second kappa shape index (κ2) is 4.16. The molecule has 0 saturated carbocycles. The van der Waals surface area contributed by atoms with Gasteiger partial charge in [-0.05, 0) is 28.4 Å². The van der Waals surface area contributed by atoms with Gasteiger partial charge in [0, 0.05) is 22.3 Å². The standard InChI is InChI=1S/C13H7ClN4OS/c14-8-3-4-10-11(6-8)17-13(16-18(10)19)7-9(15-17)12-2-1-5-20-12/h1-7H. The number of aromatic nitrogens is 4. The number of nitrogens with zero attached hydrogens (tertiary/aromatic N) is 4. The molecule has 0 N–H and O–H groups in total. The smallest absolute Gasteiger partial charge is 0.270 e. The number of hydrogen-bond acceptors (Lipinski definition) is 4.